The third-order valence-corrected chi connectivity index (χ3v) is 2.54. The van der Waals surface area contributed by atoms with Crippen molar-refractivity contribution in [3.63, 3.8) is 0 Å². The minimum Gasteiger partial charge on any atom is -0.320 e. The van der Waals surface area contributed by atoms with E-state index >= 15 is 0 Å². The summed E-state index contributed by atoms with van der Waals surface area (Å²) in [6.45, 7) is 0.247. The van der Waals surface area contributed by atoms with E-state index in [-0.39, 0.29) is 12.5 Å². The summed E-state index contributed by atoms with van der Waals surface area (Å²) in [7, 11) is 0. The van der Waals surface area contributed by atoms with Crippen LogP contribution in [-0.4, -0.2) is 22.6 Å². The maximum Gasteiger partial charge on any atom is 0.273 e. The summed E-state index contributed by atoms with van der Waals surface area (Å²) in [5, 5.41) is 9.54. The van der Waals surface area contributed by atoms with Gasteiger partial charge >= 0.3 is 0 Å². The van der Waals surface area contributed by atoms with Crippen molar-refractivity contribution in [2.45, 2.75) is 0 Å². The van der Waals surface area contributed by atoms with E-state index in [4.69, 9.17) is 17.3 Å². The molecule has 2 rings (SSSR count). The summed E-state index contributed by atoms with van der Waals surface area (Å²) in [6, 6.07) is 6.64. The van der Waals surface area contributed by atoms with Crippen LogP contribution < -0.4 is 11.1 Å². The van der Waals surface area contributed by atoms with Crippen molar-refractivity contribution in [2.24, 2.45) is 5.73 Å². The normalized spacial score (nSPS) is 9.58. The Kier molecular flexibility index (Phi) is 4.18. The van der Waals surface area contributed by atoms with Crippen LogP contribution in [0, 0.1) is 11.8 Å². The Morgan fingerprint density at radius 2 is 2.32 bits per heavy atom. The zero-order valence-electron chi connectivity index (χ0n) is 9.90. The molecular formula is C13H11ClN4O. The first-order valence-corrected chi connectivity index (χ1v) is 5.87. The third-order valence-electron chi connectivity index (χ3n) is 2.30. The Balaban J connectivity index is 2.28. The number of carbonyl (C=O) groups excluding carboxylic acids is 1. The Hall–Kier alpha value is -2.29. The van der Waals surface area contributed by atoms with E-state index in [2.05, 4.69) is 27.4 Å². The molecule has 0 fully saturated rings. The summed E-state index contributed by atoms with van der Waals surface area (Å²) >= 11 is 5.91. The van der Waals surface area contributed by atoms with Crippen molar-refractivity contribution in [1.82, 2.24) is 10.2 Å². The lowest BCUT2D eigenvalue weighted by Crippen LogP contribution is -2.13. The van der Waals surface area contributed by atoms with E-state index < -0.39 is 0 Å². The first-order chi connectivity index (χ1) is 9.20. The van der Waals surface area contributed by atoms with Gasteiger partial charge < -0.3 is 11.1 Å². The standard InChI is InChI=1S/C13H11ClN4O/c14-10-4-3-9(2-1-6-15)12(8-10)17-13(19)11-5-7-16-18-11/h3-5,7-8H,6,15H2,(H,16,18)(H,17,19). The van der Waals surface area contributed by atoms with Crippen molar-refractivity contribution >= 4 is 23.2 Å². The zero-order chi connectivity index (χ0) is 13.7. The first kappa shape index (κ1) is 13.1. The molecule has 96 valence electrons. The molecule has 0 aliphatic rings. The largest absolute Gasteiger partial charge is 0.320 e. The summed E-state index contributed by atoms with van der Waals surface area (Å²) in [5.41, 5.74) is 6.88. The molecule has 2 aromatic rings. The van der Waals surface area contributed by atoms with Crippen molar-refractivity contribution in [1.29, 1.82) is 0 Å². The van der Waals surface area contributed by atoms with Gasteiger partial charge in [-0.2, -0.15) is 5.10 Å². The minimum absolute atomic E-state index is 0.247. The number of anilines is 1. The number of halogens is 1. The number of amides is 1. The van der Waals surface area contributed by atoms with E-state index in [1.165, 1.54) is 6.20 Å². The highest BCUT2D eigenvalue weighted by atomic mass is 35.5. The van der Waals surface area contributed by atoms with E-state index in [0.29, 0.717) is 22.0 Å². The number of hydrogen-bond acceptors (Lipinski definition) is 3. The van der Waals surface area contributed by atoms with E-state index in [0.717, 1.165) is 0 Å². The van der Waals surface area contributed by atoms with Crippen LogP contribution in [0.5, 0.6) is 0 Å². The summed E-state index contributed by atoms with van der Waals surface area (Å²) in [6.07, 6.45) is 1.50. The molecule has 1 amide bonds. The third kappa shape index (κ3) is 3.35. The quantitative estimate of drug-likeness (QED) is 0.728. The maximum absolute atomic E-state index is 11.9. The number of nitrogens with two attached hydrogens (primary N) is 1. The molecule has 0 saturated heterocycles. The molecule has 0 atom stereocenters. The van der Waals surface area contributed by atoms with Gasteiger partial charge in [-0.25, -0.2) is 0 Å². The van der Waals surface area contributed by atoms with Gasteiger partial charge in [-0.3, -0.25) is 9.89 Å². The van der Waals surface area contributed by atoms with Gasteiger partial charge in [0.15, 0.2) is 0 Å². The van der Waals surface area contributed by atoms with Gasteiger partial charge in [-0.15, -0.1) is 0 Å². The highest BCUT2D eigenvalue weighted by Gasteiger charge is 2.09. The molecule has 1 aromatic carbocycles. The van der Waals surface area contributed by atoms with E-state index in [9.17, 15) is 4.79 Å². The molecule has 0 spiro atoms. The monoisotopic (exact) mass is 274 g/mol. The average Bonchev–Trinajstić information content (AvgIpc) is 2.92. The predicted octanol–water partition coefficient (Wildman–Crippen LogP) is 1.63. The molecule has 1 heterocycles. The first-order valence-electron chi connectivity index (χ1n) is 5.50. The van der Waals surface area contributed by atoms with E-state index in [1.54, 1.807) is 24.3 Å². The molecule has 0 aliphatic heterocycles. The van der Waals surface area contributed by atoms with Gasteiger partial charge in [0.2, 0.25) is 0 Å². The van der Waals surface area contributed by atoms with Crippen molar-refractivity contribution in [3.05, 3.63) is 46.7 Å². The molecule has 0 radical (unpaired) electrons. The molecule has 5 nitrogen and oxygen atoms in total. The fraction of sp³-hybridized carbons (Fsp3) is 0.0769. The van der Waals surface area contributed by atoms with Gasteiger partial charge in [0.25, 0.3) is 5.91 Å². The second-order valence-corrected chi connectivity index (χ2v) is 4.06. The fourth-order valence-corrected chi connectivity index (χ4v) is 1.62. The van der Waals surface area contributed by atoms with E-state index in [1.807, 2.05) is 0 Å². The van der Waals surface area contributed by atoms with Crippen LogP contribution >= 0.6 is 11.6 Å². The molecule has 0 aliphatic carbocycles. The topological polar surface area (TPSA) is 83.8 Å². The lowest BCUT2D eigenvalue weighted by molar-refractivity contribution is 0.102. The summed E-state index contributed by atoms with van der Waals surface area (Å²) in [4.78, 5) is 11.9. The van der Waals surface area contributed by atoms with Gasteiger partial charge in [0.1, 0.15) is 5.69 Å². The molecule has 0 bridgehead atoms. The summed E-state index contributed by atoms with van der Waals surface area (Å²) in [5.74, 6) is 5.30. The van der Waals surface area contributed by atoms with Gasteiger partial charge in [0.05, 0.1) is 12.2 Å². The van der Waals surface area contributed by atoms with Crippen LogP contribution in [0.4, 0.5) is 5.69 Å². The number of H-pyrrole nitrogens is 1. The van der Waals surface area contributed by atoms with Crippen LogP contribution in [0.2, 0.25) is 5.02 Å². The second-order valence-electron chi connectivity index (χ2n) is 3.62. The number of aromatic nitrogens is 2. The van der Waals surface area contributed by atoms with Crippen LogP contribution in [-0.2, 0) is 0 Å². The number of nitrogens with zero attached hydrogens (tertiary/aromatic N) is 1. The fourth-order valence-electron chi connectivity index (χ4n) is 1.45. The number of carbonyl (C=O) groups is 1. The van der Waals surface area contributed by atoms with Gasteiger partial charge in [-0.05, 0) is 24.3 Å². The molecule has 0 saturated carbocycles. The lowest BCUT2D eigenvalue weighted by atomic mass is 10.1. The molecule has 6 heteroatoms. The second kappa shape index (κ2) is 6.05. The highest BCUT2D eigenvalue weighted by molar-refractivity contribution is 6.31. The van der Waals surface area contributed by atoms with Crippen molar-refractivity contribution in [3.8, 4) is 11.8 Å². The summed E-state index contributed by atoms with van der Waals surface area (Å²) < 4.78 is 0. The Morgan fingerprint density at radius 3 is 3.00 bits per heavy atom. The highest BCUT2D eigenvalue weighted by Crippen LogP contribution is 2.20. The number of aromatic amines is 1. The maximum atomic E-state index is 11.9. The Labute approximate surface area is 115 Å². The molecule has 1 aromatic heterocycles. The lowest BCUT2D eigenvalue weighted by Gasteiger charge is -2.07. The number of nitrogens with one attached hydrogen (secondary N) is 2. The smallest absolute Gasteiger partial charge is 0.273 e. The van der Waals surface area contributed by atoms with Crippen LogP contribution in [0.1, 0.15) is 16.1 Å². The predicted molar refractivity (Wildman–Crippen MR) is 73.9 cm³/mol. The average molecular weight is 275 g/mol. The van der Waals surface area contributed by atoms with Gasteiger partial charge in [0, 0.05) is 16.8 Å². The Bertz CT molecular complexity index is 640. The molecular weight excluding hydrogens is 264 g/mol. The van der Waals surface area contributed by atoms with Crippen molar-refractivity contribution in [2.75, 3.05) is 11.9 Å². The van der Waals surface area contributed by atoms with Gasteiger partial charge in [-0.1, -0.05) is 23.4 Å². The van der Waals surface area contributed by atoms with Crippen molar-refractivity contribution < 1.29 is 4.79 Å². The molecule has 0 unspecified atom stereocenters. The Morgan fingerprint density at radius 1 is 1.47 bits per heavy atom. The number of rotatable bonds is 2. The number of hydrogen-bond donors (Lipinski definition) is 3. The minimum atomic E-state index is -0.310. The molecule has 4 N–H and O–H groups in total. The zero-order valence-corrected chi connectivity index (χ0v) is 10.7. The number of benzene rings is 1. The van der Waals surface area contributed by atoms with Crippen LogP contribution in [0.3, 0.4) is 0 Å². The SMILES string of the molecule is NCC#Cc1ccc(Cl)cc1NC(=O)c1ccn[nH]1. The van der Waals surface area contributed by atoms with Crippen LogP contribution in [0.15, 0.2) is 30.5 Å². The van der Waals surface area contributed by atoms with Crippen LogP contribution in [0.25, 0.3) is 0 Å². The molecule has 19 heavy (non-hydrogen) atoms.